The van der Waals surface area contributed by atoms with Gasteiger partial charge in [-0.2, -0.15) is 0 Å². The molecule has 1 heterocycles. The third kappa shape index (κ3) is 2.15. The highest BCUT2D eigenvalue weighted by Gasteiger charge is 2.09. The van der Waals surface area contributed by atoms with E-state index in [1.165, 1.54) is 6.07 Å². The summed E-state index contributed by atoms with van der Waals surface area (Å²) in [5, 5.41) is 19.8. The largest absolute Gasteiger partial charge is 0.507 e. The SMILES string of the molecule is Oc1cc(O)c2cccc(Oc3ccccc3)c2n1. The summed E-state index contributed by atoms with van der Waals surface area (Å²) < 4.78 is 5.72. The normalized spacial score (nSPS) is 10.5. The van der Waals surface area contributed by atoms with Gasteiger partial charge in [0.2, 0.25) is 5.88 Å². The first-order valence-electron chi connectivity index (χ1n) is 5.78. The number of para-hydroxylation sites is 2. The van der Waals surface area contributed by atoms with Gasteiger partial charge in [0.25, 0.3) is 0 Å². The Balaban J connectivity index is 2.14. The van der Waals surface area contributed by atoms with Crippen molar-refractivity contribution in [2.45, 2.75) is 0 Å². The van der Waals surface area contributed by atoms with E-state index >= 15 is 0 Å². The molecule has 0 radical (unpaired) electrons. The molecular weight excluding hydrogens is 242 g/mol. The number of nitrogens with zero attached hydrogens (tertiary/aromatic N) is 1. The van der Waals surface area contributed by atoms with E-state index in [2.05, 4.69) is 4.98 Å². The van der Waals surface area contributed by atoms with Gasteiger partial charge in [0.1, 0.15) is 17.0 Å². The molecule has 4 heteroatoms. The lowest BCUT2D eigenvalue weighted by molar-refractivity contribution is 0.438. The summed E-state index contributed by atoms with van der Waals surface area (Å²) in [6, 6.07) is 15.7. The van der Waals surface area contributed by atoms with Crippen molar-refractivity contribution in [3.63, 3.8) is 0 Å². The van der Waals surface area contributed by atoms with Crippen molar-refractivity contribution in [1.29, 1.82) is 0 Å². The van der Waals surface area contributed by atoms with Crippen LogP contribution in [0.15, 0.2) is 54.6 Å². The zero-order valence-electron chi connectivity index (χ0n) is 9.95. The Labute approximate surface area is 109 Å². The van der Waals surface area contributed by atoms with Gasteiger partial charge in [-0.25, -0.2) is 4.98 Å². The molecule has 0 saturated carbocycles. The summed E-state index contributed by atoms with van der Waals surface area (Å²) in [6.07, 6.45) is 0. The molecule has 0 atom stereocenters. The van der Waals surface area contributed by atoms with Gasteiger partial charge in [0.15, 0.2) is 5.75 Å². The van der Waals surface area contributed by atoms with E-state index < -0.39 is 0 Å². The Morgan fingerprint density at radius 1 is 0.895 bits per heavy atom. The smallest absolute Gasteiger partial charge is 0.215 e. The van der Waals surface area contributed by atoms with Gasteiger partial charge in [-0.15, -0.1) is 0 Å². The molecule has 4 nitrogen and oxygen atoms in total. The highest BCUT2D eigenvalue weighted by atomic mass is 16.5. The first-order chi connectivity index (χ1) is 9.24. The van der Waals surface area contributed by atoms with Crippen molar-refractivity contribution in [2.75, 3.05) is 0 Å². The van der Waals surface area contributed by atoms with Crippen LogP contribution < -0.4 is 4.74 Å². The molecule has 2 aromatic carbocycles. The Morgan fingerprint density at radius 2 is 1.68 bits per heavy atom. The molecule has 0 unspecified atom stereocenters. The standard InChI is InChI=1S/C15H11NO3/c17-12-9-14(18)16-15-11(12)7-4-8-13(15)19-10-5-2-1-3-6-10/h1-9H,(H2,16,17,18). The van der Waals surface area contributed by atoms with Crippen LogP contribution in [0.25, 0.3) is 10.9 Å². The van der Waals surface area contributed by atoms with E-state index in [1.54, 1.807) is 18.2 Å². The van der Waals surface area contributed by atoms with Crippen molar-refractivity contribution in [2.24, 2.45) is 0 Å². The first kappa shape index (κ1) is 11.3. The van der Waals surface area contributed by atoms with Gasteiger partial charge in [0.05, 0.1) is 0 Å². The van der Waals surface area contributed by atoms with E-state index in [-0.39, 0.29) is 11.6 Å². The minimum absolute atomic E-state index is 0.0268. The fourth-order valence-electron chi connectivity index (χ4n) is 1.89. The van der Waals surface area contributed by atoms with Crippen molar-refractivity contribution in [3.8, 4) is 23.1 Å². The van der Waals surface area contributed by atoms with Crippen LogP contribution in [0.3, 0.4) is 0 Å². The molecule has 0 aliphatic heterocycles. The van der Waals surface area contributed by atoms with Gasteiger partial charge < -0.3 is 14.9 Å². The Hall–Kier alpha value is -2.75. The van der Waals surface area contributed by atoms with E-state index in [4.69, 9.17) is 4.74 Å². The van der Waals surface area contributed by atoms with Crippen LogP contribution >= 0.6 is 0 Å². The lowest BCUT2D eigenvalue weighted by Gasteiger charge is -2.09. The molecule has 0 saturated heterocycles. The fourth-order valence-corrected chi connectivity index (χ4v) is 1.89. The summed E-state index contributed by atoms with van der Waals surface area (Å²) in [6.45, 7) is 0. The Bertz CT molecular complexity index is 726. The highest BCUT2D eigenvalue weighted by molar-refractivity contribution is 5.90. The van der Waals surface area contributed by atoms with E-state index in [9.17, 15) is 10.2 Å². The van der Waals surface area contributed by atoms with Gasteiger partial charge in [0, 0.05) is 11.5 Å². The Morgan fingerprint density at radius 3 is 2.47 bits per heavy atom. The predicted octanol–water partition coefficient (Wildman–Crippen LogP) is 3.44. The second-order valence-corrected chi connectivity index (χ2v) is 4.07. The number of ether oxygens (including phenoxy) is 1. The van der Waals surface area contributed by atoms with Crippen LogP contribution in [0.5, 0.6) is 23.1 Å². The molecule has 0 amide bonds. The van der Waals surface area contributed by atoms with Crippen molar-refractivity contribution >= 4 is 10.9 Å². The fraction of sp³-hybridized carbons (Fsp3) is 0. The number of aromatic hydroxyl groups is 2. The molecule has 0 aliphatic rings. The van der Waals surface area contributed by atoms with Gasteiger partial charge in [-0.3, -0.25) is 0 Å². The third-order valence-electron chi connectivity index (χ3n) is 2.74. The molecule has 0 spiro atoms. The van der Waals surface area contributed by atoms with Crippen LogP contribution in [0.4, 0.5) is 0 Å². The number of pyridine rings is 1. The van der Waals surface area contributed by atoms with Crippen LogP contribution in [-0.2, 0) is 0 Å². The number of rotatable bonds is 2. The maximum absolute atomic E-state index is 9.79. The van der Waals surface area contributed by atoms with Gasteiger partial charge >= 0.3 is 0 Å². The third-order valence-corrected chi connectivity index (χ3v) is 2.74. The maximum Gasteiger partial charge on any atom is 0.215 e. The number of hydrogen-bond donors (Lipinski definition) is 2. The minimum atomic E-state index is -0.242. The monoisotopic (exact) mass is 253 g/mol. The van der Waals surface area contributed by atoms with E-state index in [0.29, 0.717) is 22.4 Å². The Kier molecular flexibility index (Phi) is 2.68. The second-order valence-electron chi connectivity index (χ2n) is 4.07. The maximum atomic E-state index is 9.79. The highest BCUT2D eigenvalue weighted by Crippen LogP contribution is 2.34. The predicted molar refractivity (Wildman–Crippen MR) is 71.6 cm³/mol. The number of benzene rings is 2. The molecule has 0 bridgehead atoms. The molecule has 19 heavy (non-hydrogen) atoms. The summed E-state index contributed by atoms with van der Waals surface area (Å²) in [5.74, 6) is 0.879. The molecule has 94 valence electrons. The average molecular weight is 253 g/mol. The molecular formula is C15H11NO3. The lowest BCUT2D eigenvalue weighted by atomic mass is 10.2. The summed E-state index contributed by atoms with van der Waals surface area (Å²) in [7, 11) is 0. The number of aromatic nitrogens is 1. The van der Waals surface area contributed by atoms with Crippen LogP contribution in [-0.4, -0.2) is 15.2 Å². The molecule has 0 fully saturated rings. The average Bonchev–Trinajstić information content (AvgIpc) is 2.41. The second kappa shape index (κ2) is 4.49. The van der Waals surface area contributed by atoms with Crippen molar-refractivity contribution in [1.82, 2.24) is 4.98 Å². The lowest BCUT2D eigenvalue weighted by Crippen LogP contribution is -1.88. The molecule has 2 N–H and O–H groups in total. The zero-order chi connectivity index (χ0) is 13.2. The number of fused-ring (bicyclic) bond motifs is 1. The zero-order valence-corrected chi connectivity index (χ0v) is 9.95. The summed E-state index contributed by atoms with van der Waals surface area (Å²) in [5.41, 5.74) is 0.420. The van der Waals surface area contributed by atoms with Crippen LogP contribution in [0, 0.1) is 0 Å². The van der Waals surface area contributed by atoms with Crippen molar-refractivity contribution in [3.05, 3.63) is 54.6 Å². The van der Waals surface area contributed by atoms with Gasteiger partial charge in [-0.05, 0) is 24.3 Å². The minimum Gasteiger partial charge on any atom is -0.507 e. The van der Waals surface area contributed by atoms with Crippen LogP contribution in [0.1, 0.15) is 0 Å². The summed E-state index contributed by atoms with van der Waals surface area (Å²) in [4.78, 5) is 4.00. The first-order valence-corrected chi connectivity index (χ1v) is 5.78. The van der Waals surface area contributed by atoms with Crippen molar-refractivity contribution < 1.29 is 14.9 Å². The quantitative estimate of drug-likeness (QED) is 0.734. The topological polar surface area (TPSA) is 62.6 Å². The van der Waals surface area contributed by atoms with E-state index in [0.717, 1.165) is 0 Å². The van der Waals surface area contributed by atoms with E-state index in [1.807, 2.05) is 30.3 Å². The molecule has 1 aromatic heterocycles. The summed E-state index contributed by atoms with van der Waals surface area (Å²) >= 11 is 0. The van der Waals surface area contributed by atoms with Crippen LogP contribution in [0.2, 0.25) is 0 Å². The molecule has 3 aromatic rings. The number of hydrogen-bond acceptors (Lipinski definition) is 4. The molecule has 0 aliphatic carbocycles. The van der Waals surface area contributed by atoms with Gasteiger partial charge in [-0.1, -0.05) is 24.3 Å². The molecule has 3 rings (SSSR count).